The molecule has 30 heavy (non-hydrogen) atoms. The average molecular weight is 424 g/mol. The summed E-state index contributed by atoms with van der Waals surface area (Å²) in [5.74, 6) is -0.0766. The van der Waals surface area contributed by atoms with Gasteiger partial charge >= 0.3 is 0 Å². The fraction of sp³-hybridized carbons (Fsp3) is 0.261. The fourth-order valence-electron chi connectivity index (χ4n) is 3.64. The molecule has 1 aliphatic rings. The fourth-order valence-corrected chi connectivity index (χ4v) is 5.15. The summed E-state index contributed by atoms with van der Waals surface area (Å²) in [6.45, 7) is 5.19. The molecule has 4 rings (SSSR count). The van der Waals surface area contributed by atoms with Crippen LogP contribution >= 0.6 is 0 Å². The summed E-state index contributed by atoms with van der Waals surface area (Å²) in [5, 5.41) is 0. The second-order valence-corrected chi connectivity index (χ2v) is 9.52. The number of nitrogens with zero attached hydrogens (tertiary/aromatic N) is 3. The molecule has 6 nitrogen and oxygen atoms in total. The second-order valence-electron chi connectivity index (χ2n) is 7.58. The SMILES string of the molecule is Cc1ccc(S(=O)(=O)N2CCN(C(=O)c3cccc(-n4cccc4)c3)CC2)cc1C. The van der Waals surface area contributed by atoms with Crippen molar-refractivity contribution < 1.29 is 13.2 Å². The minimum atomic E-state index is -3.56. The van der Waals surface area contributed by atoms with Crippen molar-refractivity contribution in [2.45, 2.75) is 18.7 Å². The molecule has 1 saturated heterocycles. The highest BCUT2D eigenvalue weighted by molar-refractivity contribution is 7.89. The highest BCUT2D eigenvalue weighted by Crippen LogP contribution is 2.21. The Balaban J connectivity index is 1.46. The average Bonchev–Trinajstić information content (AvgIpc) is 3.30. The number of benzene rings is 2. The van der Waals surface area contributed by atoms with E-state index in [2.05, 4.69) is 0 Å². The van der Waals surface area contributed by atoms with Crippen LogP contribution in [0.2, 0.25) is 0 Å². The number of carbonyl (C=O) groups is 1. The molecular weight excluding hydrogens is 398 g/mol. The third kappa shape index (κ3) is 3.91. The highest BCUT2D eigenvalue weighted by Gasteiger charge is 2.30. The van der Waals surface area contributed by atoms with Gasteiger partial charge in [-0.15, -0.1) is 0 Å². The normalized spacial score (nSPS) is 15.3. The van der Waals surface area contributed by atoms with E-state index in [1.54, 1.807) is 23.1 Å². The molecule has 0 aliphatic carbocycles. The van der Waals surface area contributed by atoms with Gasteiger partial charge in [-0.3, -0.25) is 4.79 Å². The van der Waals surface area contributed by atoms with Crippen LogP contribution in [0, 0.1) is 13.8 Å². The quantitative estimate of drug-likeness (QED) is 0.647. The van der Waals surface area contributed by atoms with E-state index in [0.29, 0.717) is 23.5 Å². The minimum Gasteiger partial charge on any atom is -0.336 e. The number of rotatable bonds is 4. The van der Waals surface area contributed by atoms with Gasteiger partial charge in [0, 0.05) is 49.8 Å². The first-order valence-corrected chi connectivity index (χ1v) is 11.4. The van der Waals surface area contributed by atoms with Crippen molar-refractivity contribution in [2.24, 2.45) is 0 Å². The number of aromatic nitrogens is 1. The molecule has 0 radical (unpaired) electrons. The van der Waals surface area contributed by atoms with Crippen molar-refractivity contribution in [3.8, 4) is 5.69 Å². The summed E-state index contributed by atoms with van der Waals surface area (Å²) in [6.07, 6.45) is 3.86. The van der Waals surface area contributed by atoms with Crippen LogP contribution in [-0.2, 0) is 10.0 Å². The molecule has 1 aliphatic heterocycles. The molecule has 2 heterocycles. The number of hydrogen-bond donors (Lipinski definition) is 0. The van der Waals surface area contributed by atoms with E-state index in [1.807, 2.05) is 67.2 Å². The van der Waals surface area contributed by atoms with E-state index in [9.17, 15) is 13.2 Å². The predicted molar refractivity (Wildman–Crippen MR) is 116 cm³/mol. The standard InChI is InChI=1S/C23H25N3O3S/c1-18-8-9-22(16-19(18)2)30(28,29)26-14-12-25(13-15-26)23(27)20-6-5-7-21(17-20)24-10-3-4-11-24/h3-11,16-17H,12-15H2,1-2H3. The van der Waals surface area contributed by atoms with E-state index in [0.717, 1.165) is 16.8 Å². The first-order chi connectivity index (χ1) is 14.4. The maximum atomic E-state index is 13.0. The van der Waals surface area contributed by atoms with Gasteiger partial charge in [0.1, 0.15) is 0 Å². The highest BCUT2D eigenvalue weighted by atomic mass is 32.2. The van der Waals surface area contributed by atoms with Crippen molar-refractivity contribution in [1.82, 2.24) is 13.8 Å². The molecule has 0 unspecified atom stereocenters. The van der Waals surface area contributed by atoms with Crippen molar-refractivity contribution in [1.29, 1.82) is 0 Å². The molecule has 1 fully saturated rings. The van der Waals surface area contributed by atoms with Gasteiger partial charge < -0.3 is 9.47 Å². The van der Waals surface area contributed by atoms with Gasteiger partial charge in [0.05, 0.1) is 4.90 Å². The van der Waals surface area contributed by atoms with Crippen LogP contribution in [-0.4, -0.2) is 54.3 Å². The van der Waals surface area contributed by atoms with E-state index in [4.69, 9.17) is 0 Å². The van der Waals surface area contributed by atoms with E-state index >= 15 is 0 Å². The number of sulfonamides is 1. The Morgan fingerprint density at radius 3 is 2.20 bits per heavy atom. The number of amides is 1. The molecule has 7 heteroatoms. The van der Waals surface area contributed by atoms with Gasteiger partial charge in [0.2, 0.25) is 10.0 Å². The zero-order valence-electron chi connectivity index (χ0n) is 17.2. The zero-order chi connectivity index (χ0) is 21.3. The molecule has 156 valence electrons. The molecular formula is C23H25N3O3S. The molecule has 0 N–H and O–H groups in total. The van der Waals surface area contributed by atoms with E-state index < -0.39 is 10.0 Å². The Hall–Kier alpha value is -2.90. The van der Waals surface area contributed by atoms with Crippen molar-refractivity contribution in [2.75, 3.05) is 26.2 Å². The van der Waals surface area contributed by atoms with Crippen LogP contribution in [0.15, 0.2) is 71.9 Å². The third-order valence-electron chi connectivity index (χ3n) is 5.64. The molecule has 0 atom stereocenters. The summed E-state index contributed by atoms with van der Waals surface area (Å²) in [5.41, 5.74) is 3.53. The van der Waals surface area contributed by atoms with Gasteiger partial charge in [-0.05, 0) is 67.4 Å². The summed E-state index contributed by atoms with van der Waals surface area (Å²) in [7, 11) is -3.56. The minimum absolute atomic E-state index is 0.0766. The largest absolute Gasteiger partial charge is 0.336 e. The van der Waals surface area contributed by atoms with Crippen LogP contribution in [0.25, 0.3) is 5.69 Å². The van der Waals surface area contributed by atoms with Crippen molar-refractivity contribution >= 4 is 15.9 Å². The lowest BCUT2D eigenvalue weighted by atomic mass is 10.1. The molecule has 3 aromatic rings. The summed E-state index contributed by atoms with van der Waals surface area (Å²) < 4.78 is 29.4. The van der Waals surface area contributed by atoms with E-state index in [1.165, 1.54) is 4.31 Å². The molecule has 0 saturated carbocycles. The Kier molecular flexibility index (Phi) is 5.49. The van der Waals surface area contributed by atoms with Crippen LogP contribution in [0.1, 0.15) is 21.5 Å². The Morgan fingerprint density at radius 1 is 0.833 bits per heavy atom. The Labute approximate surface area is 177 Å². The van der Waals surface area contributed by atoms with Gasteiger partial charge in [0.25, 0.3) is 5.91 Å². The Morgan fingerprint density at radius 2 is 1.53 bits per heavy atom. The maximum absolute atomic E-state index is 13.0. The van der Waals surface area contributed by atoms with Crippen LogP contribution < -0.4 is 0 Å². The van der Waals surface area contributed by atoms with Crippen molar-refractivity contribution in [3.63, 3.8) is 0 Å². The van der Waals surface area contributed by atoms with Crippen LogP contribution in [0.5, 0.6) is 0 Å². The number of piperazine rings is 1. The van der Waals surface area contributed by atoms with Crippen LogP contribution in [0.4, 0.5) is 0 Å². The first-order valence-electron chi connectivity index (χ1n) is 9.96. The predicted octanol–water partition coefficient (Wildman–Crippen LogP) is 3.24. The lowest BCUT2D eigenvalue weighted by molar-refractivity contribution is 0.0698. The molecule has 0 spiro atoms. The number of carbonyl (C=O) groups excluding carboxylic acids is 1. The van der Waals surface area contributed by atoms with Crippen LogP contribution in [0.3, 0.4) is 0 Å². The molecule has 0 bridgehead atoms. The maximum Gasteiger partial charge on any atom is 0.254 e. The topological polar surface area (TPSA) is 62.6 Å². The summed E-state index contributed by atoms with van der Waals surface area (Å²) in [4.78, 5) is 15.0. The third-order valence-corrected chi connectivity index (χ3v) is 7.53. The van der Waals surface area contributed by atoms with Crippen molar-refractivity contribution in [3.05, 3.63) is 83.7 Å². The second kappa shape index (κ2) is 8.08. The lowest BCUT2D eigenvalue weighted by Crippen LogP contribution is -2.50. The number of aryl methyl sites for hydroxylation is 2. The lowest BCUT2D eigenvalue weighted by Gasteiger charge is -2.34. The number of hydrogen-bond acceptors (Lipinski definition) is 3. The zero-order valence-corrected chi connectivity index (χ0v) is 18.0. The van der Waals surface area contributed by atoms with Gasteiger partial charge in [-0.1, -0.05) is 12.1 Å². The Bertz CT molecular complexity index is 1160. The smallest absolute Gasteiger partial charge is 0.254 e. The van der Waals surface area contributed by atoms with E-state index in [-0.39, 0.29) is 19.0 Å². The monoisotopic (exact) mass is 423 g/mol. The summed E-state index contributed by atoms with van der Waals surface area (Å²) >= 11 is 0. The summed E-state index contributed by atoms with van der Waals surface area (Å²) in [6, 6.07) is 16.5. The van der Waals surface area contributed by atoms with Gasteiger partial charge in [0.15, 0.2) is 0 Å². The molecule has 1 aromatic heterocycles. The molecule has 2 aromatic carbocycles. The van der Waals surface area contributed by atoms with Gasteiger partial charge in [-0.2, -0.15) is 4.31 Å². The van der Waals surface area contributed by atoms with Gasteiger partial charge in [-0.25, -0.2) is 8.42 Å². The molecule has 1 amide bonds. The first kappa shape index (κ1) is 20.4.